The Morgan fingerprint density at radius 2 is 1.29 bits per heavy atom. The van der Waals surface area contributed by atoms with Crippen LogP contribution in [0.1, 0.15) is 16.7 Å². The fourth-order valence-corrected chi connectivity index (χ4v) is 3.45. The molecule has 4 nitrogen and oxygen atoms in total. The van der Waals surface area contributed by atoms with Gasteiger partial charge in [-0.25, -0.2) is 15.0 Å². The molecule has 0 aliphatic heterocycles. The van der Waals surface area contributed by atoms with E-state index in [0.717, 1.165) is 28.1 Å². The normalized spacial score (nSPS) is 11.4. The number of imidazole rings is 1. The Hall–Kier alpha value is -3.53. The number of hydrogen-bond donors (Lipinski definition) is 0. The van der Waals surface area contributed by atoms with Gasteiger partial charge in [0.2, 0.25) is 0 Å². The zero-order valence-corrected chi connectivity index (χ0v) is 15.9. The molecular formula is C24H20N4. The van der Waals surface area contributed by atoms with Crippen molar-refractivity contribution < 1.29 is 0 Å². The van der Waals surface area contributed by atoms with E-state index >= 15 is 0 Å². The van der Waals surface area contributed by atoms with Gasteiger partial charge in [0.1, 0.15) is 5.82 Å². The predicted octanol–water partition coefficient (Wildman–Crippen LogP) is 5.31. The molecule has 4 heteroatoms. The molecule has 0 amide bonds. The molecule has 136 valence electrons. The number of hydrogen-bond acceptors (Lipinski definition) is 3. The summed E-state index contributed by atoms with van der Waals surface area (Å²) < 4.78 is 2.17. The van der Waals surface area contributed by atoms with E-state index in [9.17, 15) is 0 Å². The van der Waals surface area contributed by atoms with Crippen LogP contribution in [0.2, 0.25) is 0 Å². The summed E-state index contributed by atoms with van der Waals surface area (Å²) in [6, 6.07) is 25.0. The average molecular weight is 364 g/mol. The lowest BCUT2D eigenvalue weighted by Crippen LogP contribution is -2.03. The summed E-state index contributed by atoms with van der Waals surface area (Å²) in [5.74, 6) is 0.894. The van der Waals surface area contributed by atoms with Crippen molar-refractivity contribution in [3.8, 4) is 11.4 Å². The number of aryl methyl sites for hydroxylation is 2. The van der Waals surface area contributed by atoms with Gasteiger partial charge in [-0.15, -0.1) is 0 Å². The van der Waals surface area contributed by atoms with E-state index in [-0.39, 0.29) is 0 Å². The molecule has 2 aromatic heterocycles. The van der Waals surface area contributed by atoms with Crippen LogP contribution in [-0.2, 0) is 6.54 Å². The van der Waals surface area contributed by atoms with E-state index in [1.165, 1.54) is 16.7 Å². The molecule has 5 rings (SSSR count). The topological polar surface area (TPSA) is 43.6 Å². The number of rotatable bonds is 3. The van der Waals surface area contributed by atoms with Crippen LogP contribution in [0, 0.1) is 13.8 Å². The van der Waals surface area contributed by atoms with E-state index < -0.39 is 0 Å². The Morgan fingerprint density at radius 3 is 1.96 bits per heavy atom. The van der Waals surface area contributed by atoms with E-state index in [0.29, 0.717) is 12.2 Å². The van der Waals surface area contributed by atoms with Crippen LogP contribution in [0.5, 0.6) is 0 Å². The summed E-state index contributed by atoms with van der Waals surface area (Å²) in [6.07, 6.45) is 0. The molecule has 0 unspecified atom stereocenters. The minimum Gasteiger partial charge on any atom is -0.303 e. The molecule has 2 heterocycles. The molecule has 28 heavy (non-hydrogen) atoms. The second-order valence-electron chi connectivity index (χ2n) is 7.23. The summed E-state index contributed by atoms with van der Waals surface area (Å²) in [7, 11) is 0. The molecule has 0 N–H and O–H groups in total. The smallest absolute Gasteiger partial charge is 0.198 e. The van der Waals surface area contributed by atoms with Gasteiger partial charge in [-0.1, -0.05) is 71.8 Å². The maximum absolute atomic E-state index is 4.89. The van der Waals surface area contributed by atoms with E-state index in [1.54, 1.807) is 0 Å². The summed E-state index contributed by atoms with van der Waals surface area (Å²) in [4.78, 5) is 14.5. The van der Waals surface area contributed by atoms with Gasteiger partial charge in [0.05, 0.1) is 17.6 Å². The minimum atomic E-state index is 0.682. The van der Waals surface area contributed by atoms with Gasteiger partial charge in [0, 0.05) is 5.56 Å². The lowest BCUT2D eigenvalue weighted by Gasteiger charge is -2.10. The highest BCUT2D eigenvalue weighted by atomic mass is 15.2. The molecular weight excluding hydrogens is 344 g/mol. The quantitative estimate of drug-likeness (QED) is 0.436. The van der Waals surface area contributed by atoms with Crippen LogP contribution in [0.3, 0.4) is 0 Å². The predicted molar refractivity (Wildman–Crippen MR) is 113 cm³/mol. The van der Waals surface area contributed by atoms with Gasteiger partial charge in [-0.2, -0.15) is 0 Å². The molecule has 0 bridgehead atoms. The first kappa shape index (κ1) is 16.6. The van der Waals surface area contributed by atoms with E-state index in [2.05, 4.69) is 66.9 Å². The standard InChI is InChI=1S/C24H20N4/c1-16-7-11-18(12-8-16)15-28-23(19-13-9-17(2)10-14-19)27-22-24(28)26-21-6-4-3-5-20(21)25-22/h3-14H,15H2,1-2H3. The Balaban J connectivity index is 1.74. The molecule has 0 aliphatic rings. The van der Waals surface area contributed by atoms with Crippen LogP contribution in [0.25, 0.3) is 33.7 Å². The first-order valence-electron chi connectivity index (χ1n) is 9.43. The minimum absolute atomic E-state index is 0.682. The third-order valence-corrected chi connectivity index (χ3v) is 5.03. The Bertz CT molecular complexity index is 1280. The average Bonchev–Trinajstić information content (AvgIpc) is 3.06. The highest BCUT2D eigenvalue weighted by molar-refractivity contribution is 5.85. The molecule has 0 saturated heterocycles. The largest absolute Gasteiger partial charge is 0.303 e. The van der Waals surface area contributed by atoms with Gasteiger partial charge in [0.15, 0.2) is 11.3 Å². The molecule has 0 spiro atoms. The Labute approximate surface area is 163 Å². The summed E-state index contributed by atoms with van der Waals surface area (Å²) in [6.45, 7) is 4.90. The SMILES string of the molecule is Cc1ccc(Cn2c(-c3ccc(C)cc3)nc3nc4ccccc4nc32)cc1. The highest BCUT2D eigenvalue weighted by Crippen LogP contribution is 2.26. The van der Waals surface area contributed by atoms with Gasteiger partial charge >= 0.3 is 0 Å². The monoisotopic (exact) mass is 364 g/mol. The molecule has 0 fully saturated rings. The lowest BCUT2D eigenvalue weighted by atomic mass is 10.1. The number of para-hydroxylation sites is 2. The zero-order chi connectivity index (χ0) is 19.1. The van der Waals surface area contributed by atoms with Crippen LogP contribution in [-0.4, -0.2) is 19.5 Å². The second kappa shape index (κ2) is 6.57. The highest BCUT2D eigenvalue weighted by Gasteiger charge is 2.16. The zero-order valence-electron chi connectivity index (χ0n) is 15.9. The van der Waals surface area contributed by atoms with Crippen LogP contribution < -0.4 is 0 Å². The number of aromatic nitrogens is 4. The first-order chi connectivity index (χ1) is 13.7. The van der Waals surface area contributed by atoms with Gasteiger partial charge < -0.3 is 4.57 Å². The molecule has 0 saturated carbocycles. The molecule has 0 radical (unpaired) electrons. The van der Waals surface area contributed by atoms with Crippen molar-refractivity contribution in [2.45, 2.75) is 20.4 Å². The van der Waals surface area contributed by atoms with Crippen molar-refractivity contribution in [3.05, 3.63) is 89.5 Å². The van der Waals surface area contributed by atoms with Crippen molar-refractivity contribution in [1.82, 2.24) is 19.5 Å². The maximum atomic E-state index is 4.89. The fraction of sp³-hybridized carbons (Fsp3) is 0.125. The molecule has 0 aliphatic carbocycles. The number of nitrogens with zero attached hydrogens (tertiary/aromatic N) is 4. The van der Waals surface area contributed by atoms with Crippen LogP contribution in [0.15, 0.2) is 72.8 Å². The Morgan fingerprint density at radius 1 is 0.679 bits per heavy atom. The fourth-order valence-electron chi connectivity index (χ4n) is 3.45. The molecule has 0 atom stereocenters. The van der Waals surface area contributed by atoms with Crippen LogP contribution in [0.4, 0.5) is 0 Å². The van der Waals surface area contributed by atoms with E-state index in [4.69, 9.17) is 15.0 Å². The summed E-state index contributed by atoms with van der Waals surface area (Å²) in [5, 5.41) is 0. The van der Waals surface area contributed by atoms with Crippen molar-refractivity contribution in [2.24, 2.45) is 0 Å². The molecule has 3 aromatic carbocycles. The molecule has 5 aromatic rings. The first-order valence-corrected chi connectivity index (χ1v) is 9.43. The maximum Gasteiger partial charge on any atom is 0.198 e. The van der Waals surface area contributed by atoms with Crippen LogP contribution >= 0.6 is 0 Å². The summed E-state index contributed by atoms with van der Waals surface area (Å²) in [5.41, 5.74) is 8.02. The van der Waals surface area contributed by atoms with Gasteiger partial charge in [-0.3, -0.25) is 0 Å². The number of fused-ring (bicyclic) bond motifs is 2. The third kappa shape index (κ3) is 2.93. The lowest BCUT2D eigenvalue weighted by molar-refractivity contribution is 0.825. The van der Waals surface area contributed by atoms with Gasteiger partial charge in [0.25, 0.3) is 0 Å². The summed E-state index contributed by atoms with van der Waals surface area (Å²) >= 11 is 0. The van der Waals surface area contributed by atoms with Crippen molar-refractivity contribution >= 4 is 22.3 Å². The second-order valence-corrected chi connectivity index (χ2v) is 7.23. The number of benzene rings is 3. The van der Waals surface area contributed by atoms with E-state index in [1.807, 2.05) is 24.3 Å². The van der Waals surface area contributed by atoms with Gasteiger partial charge in [-0.05, 0) is 31.5 Å². The van der Waals surface area contributed by atoms with Crippen molar-refractivity contribution in [2.75, 3.05) is 0 Å². The Kier molecular flexibility index (Phi) is 3.90. The van der Waals surface area contributed by atoms with Crippen molar-refractivity contribution in [1.29, 1.82) is 0 Å². The third-order valence-electron chi connectivity index (χ3n) is 5.03. The van der Waals surface area contributed by atoms with Crippen molar-refractivity contribution in [3.63, 3.8) is 0 Å².